The second kappa shape index (κ2) is 18.6. The van der Waals surface area contributed by atoms with Gasteiger partial charge in [0.25, 0.3) is 8.32 Å². The Hall–Kier alpha value is -5.20. The maximum absolute atomic E-state index is 12.7. The second-order valence-electron chi connectivity index (χ2n) is 14.9. The quantitative estimate of drug-likeness (QED) is 0.0677. The average molecular weight is 917 g/mol. The van der Waals surface area contributed by atoms with Crippen LogP contribution in [0, 0.1) is 3.70 Å². The molecule has 0 bridgehead atoms. The lowest BCUT2D eigenvalue weighted by molar-refractivity contribution is 0.0692. The van der Waals surface area contributed by atoms with Gasteiger partial charge in [-0.15, -0.1) is 0 Å². The number of nitrogens with one attached hydrogen (secondary N) is 2. The lowest BCUT2D eigenvalue weighted by Crippen LogP contribution is -2.66. The van der Waals surface area contributed by atoms with E-state index >= 15 is 0 Å². The van der Waals surface area contributed by atoms with Crippen molar-refractivity contribution in [3.8, 4) is 5.75 Å². The topological polar surface area (TPSA) is 175 Å². The van der Waals surface area contributed by atoms with E-state index in [1.165, 1.54) is 24.6 Å². The maximum Gasteiger partial charge on any atom is 0.413 e. The molecular formula is C42H49IN8O6Si. The molecule has 0 spiro atoms. The zero-order valence-electron chi connectivity index (χ0n) is 33.6. The van der Waals surface area contributed by atoms with Crippen LogP contribution in [-0.2, 0) is 15.7 Å². The molecule has 1 aliphatic heterocycles. The van der Waals surface area contributed by atoms with Crippen molar-refractivity contribution in [3.05, 3.63) is 93.5 Å². The number of allylic oxidation sites excluding steroid dienone is 1. The van der Waals surface area contributed by atoms with E-state index in [2.05, 4.69) is 124 Å². The van der Waals surface area contributed by atoms with E-state index < -0.39 is 20.4 Å². The maximum atomic E-state index is 12.7. The minimum atomic E-state index is -2.79. The number of halogens is 1. The van der Waals surface area contributed by atoms with Gasteiger partial charge in [0.15, 0.2) is 5.82 Å². The third-order valence-electron chi connectivity index (χ3n) is 10.2. The smallest absolute Gasteiger partial charge is 0.413 e. The third-order valence-corrected chi connectivity index (χ3v) is 15.9. The van der Waals surface area contributed by atoms with Gasteiger partial charge >= 0.3 is 12.1 Å². The molecule has 0 saturated carbocycles. The number of anilines is 2. The first-order valence-corrected chi connectivity index (χ1v) is 22.2. The minimum Gasteiger partial charge on any atom is -0.495 e. The highest BCUT2D eigenvalue weighted by molar-refractivity contribution is 14.1. The number of methoxy groups -OCH3 is 2. The summed E-state index contributed by atoms with van der Waals surface area (Å²) >= 11 is 2.10. The van der Waals surface area contributed by atoms with E-state index in [0.717, 1.165) is 18.4 Å². The molecule has 0 aliphatic carbocycles. The van der Waals surface area contributed by atoms with Crippen molar-refractivity contribution in [1.82, 2.24) is 24.7 Å². The number of aliphatic imine (C=N–C) groups is 1. The predicted molar refractivity (Wildman–Crippen MR) is 237 cm³/mol. The standard InChI is InChI=1S/C42H49IN8O6Si/c1-7-14-29(21-24-57-58(42(2,3)4,30-15-10-8-11-16-30)31-17-12-9-13-18-31)46-38-35-34(47-40(48-38)49-41(54)56-6)37(43)50-51(35)26-28-25-45-33(27-19-22-44-23-20-27)32(39(52)53)36(28)55-5/h8-13,15-19,23,25,29H,7,14,20-22,24,26H2,1-6H3,(H,52,53)(H2,46,47,48,49,54)/t29-/m0/s1. The molecule has 304 valence electrons. The van der Waals surface area contributed by atoms with Crippen LogP contribution in [0.25, 0.3) is 16.6 Å². The summed E-state index contributed by atoms with van der Waals surface area (Å²) < 4.78 is 20.2. The lowest BCUT2D eigenvalue weighted by Gasteiger charge is -2.43. The number of fused-ring (bicyclic) bond motifs is 1. The molecule has 0 unspecified atom stereocenters. The van der Waals surface area contributed by atoms with Crippen molar-refractivity contribution in [1.29, 1.82) is 0 Å². The number of carbonyl (C=O) groups is 2. The van der Waals surface area contributed by atoms with E-state index in [9.17, 15) is 14.7 Å². The molecule has 1 atom stereocenters. The third kappa shape index (κ3) is 8.93. The molecule has 0 fully saturated rings. The highest BCUT2D eigenvalue weighted by Crippen LogP contribution is 2.38. The molecule has 3 aromatic heterocycles. The van der Waals surface area contributed by atoms with Gasteiger partial charge in [0.05, 0.1) is 33.0 Å². The summed E-state index contributed by atoms with van der Waals surface area (Å²) in [7, 11) is -0.0735. The molecule has 14 nitrogen and oxygen atoms in total. The van der Waals surface area contributed by atoms with Gasteiger partial charge in [0.2, 0.25) is 5.95 Å². The molecule has 4 heterocycles. The summed E-state index contributed by atoms with van der Waals surface area (Å²) in [6, 6.07) is 21.0. The zero-order valence-corrected chi connectivity index (χ0v) is 36.7. The van der Waals surface area contributed by atoms with E-state index in [0.29, 0.717) is 57.8 Å². The van der Waals surface area contributed by atoms with Crippen LogP contribution in [-0.4, -0.2) is 89.8 Å². The largest absolute Gasteiger partial charge is 0.495 e. The SMILES string of the molecule is CCC[C@@H](CCO[Si](c1ccccc1)(c1ccccc1)C(C)(C)C)Nc1nc(NC(=O)OC)nc2c(I)nn(Cc3cnc(C4=CCN=CC4)c(C(=O)O)c3OC)c12. The monoisotopic (exact) mass is 916 g/mol. The summed E-state index contributed by atoms with van der Waals surface area (Å²) in [4.78, 5) is 43.4. The van der Waals surface area contributed by atoms with E-state index in [-0.39, 0.29) is 34.9 Å². The number of dihydropyridines is 1. The fourth-order valence-corrected chi connectivity index (χ4v) is 12.8. The molecule has 6 rings (SSSR count). The Kier molecular flexibility index (Phi) is 13.6. The van der Waals surface area contributed by atoms with Crippen molar-refractivity contribution in [2.24, 2.45) is 4.99 Å². The first kappa shape index (κ1) is 42.4. The van der Waals surface area contributed by atoms with E-state index in [4.69, 9.17) is 24.0 Å². The van der Waals surface area contributed by atoms with Crippen molar-refractivity contribution >= 4 is 87.9 Å². The van der Waals surface area contributed by atoms with Crippen molar-refractivity contribution in [2.45, 2.75) is 71.0 Å². The Balaban J connectivity index is 1.38. The van der Waals surface area contributed by atoms with Gasteiger partial charge in [-0.3, -0.25) is 20.0 Å². The molecule has 1 amide bonds. The summed E-state index contributed by atoms with van der Waals surface area (Å²) in [5, 5.41) is 23.7. The van der Waals surface area contributed by atoms with Gasteiger partial charge in [-0.25, -0.2) is 14.6 Å². The molecule has 16 heteroatoms. The number of carboxylic acids is 1. The molecule has 0 saturated heterocycles. The number of carbonyl (C=O) groups excluding carboxylic acids is 1. The second-order valence-corrected chi connectivity index (χ2v) is 20.2. The Morgan fingerprint density at radius 2 is 1.71 bits per heavy atom. The Labute approximate surface area is 352 Å². The summed E-state index contributed by atoms with van der Waals surface area (Å²) in [6.07, 6.45) is 7.33. The van der Waals surface area contributed by atoms with Crippen molar-refractivity contribution < 1.29 is 28.6 Å². The van der Waals surface area contributed by atoms with Gasteiger partial charge < -0.3 is 24.3 Å². The molecular weight excluding hydrogens is 868 g/mol. The predicted octanol–water partition coefficient (Wildman–Crippen LogP) is 7.16. The number of aromatic nitrogens is 5. The highest BCUT2D eigenvalue weighted by atomic mass is 127. The van der Waals surface area contributed by atoms with Gasteiger partial charge in [0.1, 0.15) is 26.0 Å². The lowest BCUT2D eigenvalue weighted by atomic mass is 9.99. The number of benzene rings is 2. The summed E-state index contributed by atoms with van der Waals surface area (Å²) in [5.41, 5.74) is 2.62. The van der Waals surface area contributed by atoms with E-state index in [1.807, 2.05) is 18.2 Å². The molecule has 1 aliphatic rings. The number of carboxylic acid groups (broad SMARTS) is 1. The fourth-order valence-electron chi connectivity index (χ4n) is 7.57. The molecule has 5 aromatic rings. The zero-order chi connectivity index (χ0) is 41.5. The number of pyridine rings is 1. The number of rotatable bonds is 16. The number of nitrogens with zero attached hydrogens (tertiary/aromatic N) is 6. The van der Waals surface area contributed by atoms with Crippen molar-refractivity contribution in [3.63, 3.8) is 0 Å². The first-order chi connectivity index (χ1) is 27.9. The Bertz CT molecular complexity index is 2270. The van der Waals surface area contributed by atoms with Crippen LogP contribution >= 0.6 is 22.6 Å². The van der Waals surface area contributed by atoms with Crippen LogP contribution < -0.4 is 25.7 Å². The van der Waals surface area contributed by atoms with Crippen LogP contribution in [0.1, 0.15) is 75.0 Å². The van der Waals surface area contributed by atoms with Crippen LogP contribution in [0.3, 0.4) is 0 Å². The van der Waals surface area contributed by atoms with Crippen molar-refractivity contribution in [2.75, 3.05) is 38.0 Å². The number of amides is 1. The number of hydrogen-bond acceptors (Lipinski definition) is 11. The van der Waals surface area contributed by atoms with Gasteiger partial charge in [-0.05, 0) is 56.4 Å². The average Bonchev–Trinajstić information content (AvgIpc) is 3.53. The van der Waals surface area contributed by atoms with Crippen LogP contribution in [0.4, 0.5) is 16.6 Å². The fraction of sp³-hybridized carbons (Fsp3) is 0.357. The van der Waals surface area contributed by atoms with Crippen LogP contribution in [0.2, 0.25) is 5.04 Å². The summed E-state index contributed by atoms with van der Waals surface area (Å²) in [6.45, 7) is 9.92. The Morgan fingerprint density at radius 3 is 2.28 bits per heavy atom. The van der Waals surface area contributed by atoms with Gasteiger partial charge in [-0.1, -0.05) is 101 Å². The minimum absolute atomic E-state index is 0.0317. The molecule has 2 aromatic carbocycles. The molecule has 0 radical (unpaired) electrons. The van der Waals surface area contributed by atoms with Gasteiger partial charge in [-0.2, -0.15) is 10.1 Å². The summed E-state index contributed by atoms with van der Waals surface area (Å²) in [5.74, 6) is -0.497. The number of aromatic carboxylic acids is 1. The normalized spacial score (nSPS) is 13.5. The number of ether oxygens (including phenoxy) is 2. The van der Waals surface area contributed by atoms with E-state index in [1.54, 1.807) is 17.1 Å². The van der Waals surface area contributed by atoms with Crippen LogP contribution in [0.15, 0.2) is 77.9 Å². The number of hydrogen-bond donors (Lipinski definition) is 3. The first-order valence-electron chi connectivity index (χ1n) is 19.2. The Morgan fingerprint density at radius 1 is 1.02 bits per heavy atom. The molecule has 3 N–H and O–H groups in total. The van der Waals surface area contributed by atoms with Gasteiger partial charge in [0, 0.05) is 37.0 Å². The highest BCUT2D eigenvalue weighted by Gasteiger charge is 2.50. The molecule has 58 heavy (non-hydrogen) atoms. The van der Waals surface area contributed by atoms with Crippen LogP contribution in [0.5, 0.6) is 5.75 Å².